The van der Waals surface area contributed by atoms with Crippen molar-refractivity contribution >= 4 is 0 Å². The summed E-state index contributed by atoms with van der Waals surface area (Å²) in [6.45, 7) is 10.5. The Morgan fingerprint density at radius 2 is 1.78 bits per heavy atom. The van der Waals surface area contributed by atoms with Crippen LogP contribution in [-0.4, -0.2) is 10.2 Å². The molecular formula is C25H30O2. The van der Waals surface area contributed by atoms with Crippen LogP contribution in [0.1, 0.15) is 54.9 Å². The molecule has 3 rings (SSSR count). The summed E-state index contributed by atoms with van der Waals surface area (Å²) in [6, 6.07) is 11.8. The average Bonchev–Trinajstić information content (AvgIpc) is 2.60. The molecule has 0 radical (unpaired) electrons. The van der Waals surface area contributed by atoms with Crippen LogP contribution in [0.4, 0.5) is 0 Å². The Labute approximate surface area is 162 Å². The van der Waals surface area contributed by atoms with Crippen LogP contribution < -0.4 is 0 Å². The van der Waals surface area contributed by atoms with Crippen molar-refractivity contribution < 1.29 is 10.2 Å². The summed E-state index contributed by atoms with van der Waals surface area (Å²) in [5.41, 5.74) is 7.00. The first-order chi connectivity index (χ1) is 12.8. The molecule has 0 aliphatic heterocycles. The monoisotopic (exact) mass is 362 g/mol. The maximum atomic E-state index is 10.7. The smallest absolute Gasteiger partial charge is 0.123 e. The van der Waals surface area contributed by atoms with Crippen molar-refractivity contribution in [1.29, 1.82) is 0 Å². The zero-order valence-electron chi connectivity index (χ0n) is 16.6. The number of benzene rings is 2. The van der Waals surface area contributed by atoms with Gasteiger partial charge in [-0.15, -0.1) is 0 Å². The number of aromatic hydroxyl groups is 2. The fraction of sp³-hybridized carbons (Fsp3) is 0.360. The Morgan fingerprint density at radius 3 is 2.44 bits per heavy atom. The number of phenols is 2. The highest BCUT2D eigenvalue weighted by Crippen LogP contribution is 2.45. The Balaban J connectivity index is 1.97. The van der Waals surface area contributed by atoms with Gasteiger partial charge in [0, 0.05) is 17.5 Å². The zero-order valence-corrected chi connectivity index (χ0v) is 16.6. The van der Waals surface area contributed by atoms with Crippen LogP contribution in [0.2, 0.25) is 0 Å². The molecule has 2 nitrogen and oxygen atoms in total. The second-order valence-corrected chi connectivity index (χ2v) is 8.05. The SMILES string of the molecule is C=C(C)[C@H]1CCC(C)=C[C@@H]1c1c(O)cc(O)cc1CCc1ccc(C)cc1. The molecule has 0 amide bonds. The number of phenolic OH excluding ortho intramolecular Hbond substituents is 2. The van der Waals surface area contributed by atoms with Gasteiger partial charge in [0.05, 0.1) is 0 Å². The quantitative estimate of drug-likeness (QED) is 0.621. The molecule has 0 bridgehead atoms. The third kappa shape index (κ3) is 4.44. The van der Waals surface area contributed by atoms with Crippen molar-refractivity contribution in [3.8, 4) is 11.5 Å². The molecule has 2 aromatic rings. The van der Waals surface area contributed by atoms with Gasteiger partial charge >= 0.3 is 0 Å². The molecule has 2 heteroatoms. The number of hydrogen-bond donors (Lipinski definition) is 2. The molecule has 0 unspecified atom stereocenters. The lowest BCUT2D eigenvalue weighted by Crippen LogP contribution is -2.18. The van der Waals surface area contributed by atoms with Crippen LogP contribution in [0.15, 0.2) is 60.2 Å². The van der Waals surface area contributed by atoms with E-state index in [2.05, 4.69) is 57.7 Å². The van der Waals surface area contributed by atoms with Gasteiger partial charge in [-0.3, -0.25) is 0 Å². The van der Waals surface area contributed by atoms with E-state index in [1.165, 1.54) is 22.8 Å². The zero-order chi connectivity index (χ0) is 19.6. The predicted octanol–water partition coefficient (Wildman–Crippen LogP) is 6.21. The molecule has 27 heavy (non-hydrogen) atoms. The standard InChI is InChI=1S/C25H30O2/c1-16(2)22-12-7-18(4)13-23(22)25-20(14-21(26)15-24(25)27)11-10-19-8-5-17(3)6-9-19/h5-6,8-9,13-15,22-23,26-27H,1,7,10-12H2,2-4H3/t22-,23+/m1/s1. The summed E-state index contributed by atoms with van der Waals surface area (Å²) in [7, 11) is 0. The summed E-state index contributed by atoms with van der Waals surface area (Å²) in [5.74, 6) is 0.752. The maximum Gasteiger partial charge on any atom is 0.123 e. The van der Waals surface area contributed by atoms with E-state index in [1.54, 1.807) is 0 Å². The van der Waals surface area contributed by atoms with E-state index >= 15 is 0 Å². The summed E-state index contributed by atoms with van der Waals surface area (Å²) in [4.78, 5) is 0. The lowest BCUT2D eigenvalue weighted by atomic mass is 9.72. The topological polar surface area (TPSA) is 40.5 Å². The lowest BCUT2D eigenvalue weighted by Gasteiger charge is -2.32. The van der Waals surface area contributed by atoms with E-state index in [4.69, 9.17) is 0 Å². The summed E-state index contributed by atoms with van der Waals surface area (Å²) in [6.07, 6.45) is 6.08. The number of allylic oxidation sites excluding steroid dienone is 3. The van der Waals surface area contributed by atoms with E-state index < -0.39 is 0 Å². The van der Waals surface area contributed by atoms with Crippen molar-refractivity contribution in [3.05, 3.63) is 82.5 Å². The molecule has 2 atom stereocenters. The molecular weight excluding hydrogens is 332 g/mol. The van der Waals surface area contributed by atoms with Gasteiger partial charge in [0.25, 0.3) is 0 Å². The molecule has 0 spiro atoms. The maximum absolute atomic E-state index is 10.7. The largest absolute Gasteiger partial charge is 0.508 e. The Hall–Kier alpha value is -2.48. The van der Waals surface area contributed by atoms with Crippen LogP contribution in [0, 0.1) is 12.8 Å². The molecule has 1 aliphatic carbocycles. The van der Waals surface area contributed by atoms with Crippen molar-refractivity contribution in [3.63, 3.8) is 0 Å². The minimum atomic E-state index is 0.116. The van der Waals surface area contributed by atoms with Gasteiger partial charge in [0.15, 0.2) is 0 Å². The minimum absolute atomic E-state index is 0.116. The minimum Gasteiger partial charge on any atom is -0.508 e. The van der Waals surface area contributed by atoms with E-state index in [0.717, 1.165) is 42.4 Å². The van der Waals surface area contributed by atoms with Crippen LogP contribution in [0.3, 0.4) is 0 Å². The first kappa shape index (κ1) is 19.3. The van der Waals surface area contributed by atoms with Gasteiger partial charge in [0.2, 0.25) is 0 Å². The van der Waals surface area contributed by atoms with Crippen LogP contribution in [0.5, 0.6) is 11.5 Å². The molecule has 0 fully saturated rings. The molecule has 1 aliphatic rings. The second-order valence-electron chi connectivity index (χ2n) is 8.05. The van der Waals surface area contributed by atoms with Crippen molar-refractivity contribution in [2.75, 3.05) is 0 Å². The molecule has 0 heterocycles. The lowest BCUT2D eigenvalue weighted by molar-refractivity contribution is 0.423. The van der Waals surface area contributed by atoms with Gasteiger partial charge in [-0.2, -0.15) is 0 Å². The molecule has 0 aromatic heterocycles. The summed E-state index contributed by atoms with van der Waals surface area (Å²) >= 11 is 0. The van der Waals surface area contributed by atoms with Crippen molar-refractivity contribution in [2.45, 2.75) is 52.4 Å². The highest BCUT2D eigenvalue weighted by Gasteiger charge is 2.29. The first-order valence-electron chi connectivity index (χ1n) is 9.78. The van der Waals surface area contributed by atoms with Crippen LogP contribution >= 0.6 is 0 Å². The van der Waals surface area contributed by atoms with Crippen molar-refractivity contribution in [1.82, 2.24) is 0 Å². The van der Waals surface area contributed by atoms with Crippen LogP contribution in [-0.2, 0) is 12.8 Å². The normalized spacial score (nSPS) is 19.6. The van der Waals surface area contributed by atoms with Crippen LogP contribution in [0.25, 0.3) is 0 Å². The Kier molecular flexibility index (Phi) is 5.74. The highest BCUT2D eigenvalue weighted by molar-refractivity contribution is 5.50. The molecule has 0 saturated heterocycles. The Morgan fingerprint density at radius 1 is 1.07 bits per heavy atom. The van der Waals surface area contributed by atoms with Gasteiger partial charge in [-0.25, -0.2) is 0 Å². The number of aryl methyl sites for hydroxylation is 3. The fourth-order valence-electron chi connectivity index (χ4n) is 4.21. The fourth-order valence-corrected chi connectivity index (χ4v) is 4.21. The average molecular weight is 363 g/mol. The van der Waals surface area contributed by atoms with Gasteiger partial charge in [0.1, 0.15) is 11.5 Å². The van der Waals surface area contributed by atoms with E-state index in [1.807, 2.05) is 6.07 Å². The third-order valence-electron chi connectivity index (χ3n) is 5.75. The van der Waals surface area contributed by atoms with Gasteiger partial charge in [-0.1, -0.05) is 53.6 Å². The molecule has 2 aromatic carbocycles. The highest BCUT2D eigenvalue weighted by atomic mass is 16.3. The van der Waals surface area contributed by atoms with Crippen molar-refractivity contribution in [2.24, 2.45) is 5.92 Å². The molecule has 142 valence electrons. The van der Waals surface area contributed by atoms with E-state index in [0.29, 0.717) is 5.92 Å². The number of hydrogen-bond acceptors (Lipinski definition) is 2. The summed E-state index contributed by atoms with van der Waals surface area (Å²) < 4.78 is 0. The Bertz CT molecular complexity index is 859. The number of rotatable bonds is 5. The van der Waals surface area contributed by atoms with Gasteiger partial charge < -0.3 is 10.2 Å². The van der Waals surface area contributed by atoms with Gasteiger partial charge in [-0.05, 0) is 69.6 Å². The van der Waals surface area contributed by atoms with E-state index in [-0.39, 0.29) is 17.4 Å². The van der Waals surface area contributed by atoms with E-state index in [9.17, 15) is 10.2 Å². The molecule has 2 N–H and O–H groups in total. The first-order valence-corrected chi connectivity index (χ1v) is 9.78. The predicted molar refractivity (Wildman–Crippen MR) is 112 cm³/mol. The third-order valence-corrected chi connectivity index (χ3v) is 5.75. The molecule has 0 saturated carbocycles. The second kappa shape index (κ2) is 8.04. The summed E-state index contributed by atoms with van der Waals surface area (Å²) in [5, 5.41) is 20.8.